The molecule has 0 fully saturated rings. The molecule has 96 valence electrons. The number of nitrogens with zero attached hydrogens (tertiary/aromatic N) is 2. The molecule has 0 aliphatic carbocycles. The minimum absolute atomic E-state index is 0.293. The molecule has 1 aromatic heterocycles. The molecule has 0 aliphatic rings. The minimum Gasteiger partial charge on any atom is -0.481 e. The summed E-state index contributed by atoms with van der Waals surface area (Å²) >= 11 is 17.0. The molecule has 1 N–H and O–H groups in total. The number of hydrogen-bond donors (Lipinski definition) is 1. The van der Waals surface area contributed by atoms with Gasteiger partial charge in [-0.05, 0) is 31.3 Å². The Morgan fingerprint density at radius 2 is 2.17 bits per heavy atom. The average molecular weight is 304 g/mol. The summed E-state index contributed by atoms with van der Waals surface area (Å²) in [5.41, 5.74) is 0. The summed E-state index contributed by atoms with van der Waals surface area (Å²) in [5, 5.41) is 7.88. The average Bonchev–Trinajstić information content (AvgIpc) is 2.65. The van der Waals surface area contributed by atoms with Gasteiger partial charge < -0.3 is 9.30 Å². The second-order valence-electron chi connectivity index (χ2n) is 3.78. The van der Waals surface area contributed by atoms with Gasteiger partial charge >= 0.3 is 0 Å². The normalized spacial score (nSPS) is 12.4. The number of nitrogens with one attached hydrogen (secondary N) is 1. The van der Waals surface area contributed by atoms with E-state index in [0.717, 1.165) is 0 Å². The molecule has 0 saturated heterocycles. The van der Waals surface area contributed by atoms with Crippen LogP contribution in [0.4, 0.5) is 0 Å². The molecule has 2 aromatic rings. The highest BCUT2D eigenvalue weighted by molar-refractivity contribution is 7.71. The molecule has 4 nitrogen and oxygen atoms in total. The predicted molar refractivity (Wildman–Crippen MR) is 73.9 cm³/mol. The third kappa shape index (κ3) is 2.68. The van der Waals surface area contributed by atoms with Gasteiger partial charge in [-0.3, -0.25) is 5.10 Å². The number of aromatic amines is 1. The zero-order chi connectivity index (χ0) is 13.3. The summed E-state index contributed by atoms with van der Waals surface area (Å²) in [5.74, 6) is 1.21. The lowest BCUT2D eigenvalue weighted by Gasteiger charge is -2.15. The first-order valence-corrected chi connectivity index (χ1v) is 6.38. The molecule has 0 aliphatic heterocycles. The van der Waals surface area contributed by atoms with Gasteiger partial charge in [-0.15, -0.1) is 0 Å². The monoisotopic (exact) mass is 303 g/mol. The van der Waals surface area contributed by atoms with Crippen LogP contribution in [-0.4, -0.2) is 14.8 Å². The zero-order valence-corrected chi connectivity index (χ0v) is 12.1. The number of halogens is 2. The third-order valence-electron chi connectivity index (χ3n) is 2.47. The van der Waals surface area contributed by atoms with Gasteiger partial charge in [0.2, 0.25) is 0 Å². The summed E-state index contributed by atoms with van der Waals surface area (Å²) in [6.07, 6.45) is -0.293. The number of H-pyrrole nitrogens is 1. The van der Waals surface area contributed by atoms with Crippen molar-refractivity contribution >= 4 is 35.4 Å². The van der Waals surface area contributed by atoms with Gasteiger partial charge in [0.05, 0.1) is 5.02 Å². The Bertz CT molecular complexity index is 623. The van der Waals surface area contributed by atoms with Crippen LogP contribution in [0.2, 0.25) is 10.0 Å². The Balaban J connectivity index is 2.26. The van der Waals surface area contributed by atoms with Crippen molar-refractivity contribution in [2.45, 2.75) is 13.0 Å². The fourth-order valence-corrected chi connectivity index (χ4v) is 2.00. The van der Waals surface area contributed by atoms with Gasteiger partial charge in [-0.25, -0.2) is 0 Å². The number of benzene rings is 1. The minimum atomic E-state index is -0.293. The summed E-state index contributed by atoms with van der Waals surface area (Å²) < 4.78 is 8.03. The van der Waals surface area contributed by atoms with Crippen molar-refractivity contribution in [1.29, 1.82) is 0 Å². The molecule has 1 atom stereocenters. The van der Waals surface area contributed by atoms with E-state index in [1.807, 2.05) is 14.0 Å². The highest BCUT2D eigenvalue weighted by atomic mass is 35.5. The molecule has 1 aromatic carbocycles. The molecule has 2 rings (SSSR count). The van der Waals surface area contributed by atoms with E-state index in [0.29, 0.717) is 26.4 Å². The van der Waals surface area contributed by atoms with Crippen LogP contribution in [0.15, 0.2) is 18.2 Å². The molecule has 0 amide bonds. The number of rotatable bonds is 3. The zero-order valence-electron chi connectivity index (χ0n) is 9.78. The van der Waals surface area contributed by atoms with Crippen LogP contribution < -0.4 is 4.74 Å². The van der Waals surface area contributed by atoms with Crippen molar-refractivity contribution in [3.8, 4) is 5.75 Å². The quantitative estimate of drug-likeness (QED) is 0.874. The molecular weight excluding hydrogens is 293 g/mol. The summed E-state index contributed by atoms with van der Waals surface area (Å²) in [6.45, 7) is 1.86. The fourth-order valence-electron chi connectivity index (χ4n) is 1.53. The molecular formula is C11H11Cl2N3OS. The standard InChI is InChI=1S/C11H11Cl2N3OS/c1-6(10-14-15-11(18)16(10)2)17-9-5-7(12)3-4-8(9)13/h3-6H,1-2H3,(H,15,18). The third-order valence-corrected chi connectivity index (χ3v) is 3.39. The van der Waals surface area contributed by atoms with E-state index in [1.165, 1.54) is 0 Å². The van der Waals surface area contributed by atoms with Crippen LogP contribution in [0.3, 0.4) is 0 Å². The van der Waals surface area contributed by atoms with Crippen LogP contribution in [0, 0.1) is 4.77 Å². The van der Waals surface area contributed by atoms with Crippen LogP contribution in [-0.2, 0) is 7.05 Å². The van der Waals surface area contributed by atoms with Crippen molar-refractivity contribution < 1.29 is 4.74 Å². The molecule has 0 spiro atoms. The molecule has 1 unspecified atom stereocenters. The summed E-state index contributed by atoms with van der Waals surface area (Å²) in [6, 6.07) is 5.06. The maximum Gasteiger partial charge on any atom is 0.195 e. The van der Waals surface area contributed by atoms with Crippen LogP contribution in [0.1, 0.15) is 18.9 Å². The van der Waals surface area contributed by atoms with E-state index in [2.05, 4.69) is 10.2 Å². The van der Waals surface area contributed by atoms with Gasteiger partial charge in [0, 0.05) is 18.1 Å². The van der Waals surface area contributed by atoms with Crippen molar-refractivity contribution in [2.24, 2.45) is 7.05 Å². The molecule has 0 saturated carbocycles. The predicted octanol–water partition coefficient (Wildman–Crippen LogP) is 3.92. The van der Waals surface area contributed by atoms with Gasteiger partial charge in [0.25, 0.3) is 0 Å². The maximum atomic E-state index is 6.03. The summed E-state index contributed by atoms with van der Waals surface area (Å²) in [7, 11) is 1.82. The van der Waals surface area contributed by atoms with Gasteiger partial charge in [0.15, 0.2) is 16.7 Å². The molecule has 0 bridgehead atoms. The smallest absolute Gasteiger partial charge is 0.195 e. The van der Waals surface area contributed by atoms with E-state index in [-0.39, 0.29) is 6.10 Å². The second kappa shape index (κ2) is 5.30. The molecule has 0 radical (unpaired) electrons. The number of ether oxygens (including phenoxy) is 1. The van der Waals surface area contributed by atoms with Crippen LogP contribution in [0.25, 0.3) is 0 Å². The molecule has 7 heteroatoms. The molecule has 18 heavy (non-hydrogen) atoms. The Morgan fingerprint density at radius 3 is 2.78 bits per heavy atom. The lowest BCUT2D eigenvalue weighted by atomic mass is 10.3. The Labute approximate surface area is 119 Å². The summed E-state index contributed by atoms with van der Waals surface area (Å²) in [4.78, 5) is 0. The Kier molecular flexibility index (Phi) is 3.94. The maximum absolute atomic E-state index is 6.03. The van der Waals surface area contributed by atoms with Crippen molar-refractivity contribution in [2.75, 3.05) is 0 Å². The first-order valence-electron chi connectivity index (χ1n) is 5.22. The van der Waals surface area contributed by atoms with Gasteiger partial charge in [0.1, 0.15) is 5.75 Å². The van der Waals surface area contributed by atoms with E-state index in [1.54, 1.807) is 22.8 Å². The Morgan fingerprint density at radius 1 is 1.44 bits per heavy atom. The highest BCUT2D eigenvalue weighted by Crippen LogP contribution is 2.31. The lowest BCUT2D eigenvalue weighted by molar-refractivity contribution is 0.212. The number of aromatic nitrogens is 3. The van der Waals surface area contributed by atoms with Crippen molar-refractivity contribution in [3.63, 3.8) is 0 Å². The van der Waals surface area contributed by atoms with E-state index in [4.69, 9.17) is 40.2 Å². The number of hydrogen-bond acceptors (Lipinski definition) is 3. The first kappa shape index (κ1) is 13.4. The molecule has 1 heterocycles. The lowest BCUT2D eigenvalue weighted by Crippen LogP contribution is -2.09. The van der Waals surface area contributed by atoms with Crippen molar-refractivity contribution in [3.05, 3.63) is 38.8 Å². The fraction of sp³-hybridized carbons (Fsp3) is 0.273. The highest BCUT2D eigenvalue weighted by Gasteiger charge is 2.15. The largest absolute Gasteiger partial charge is 0.481 e. The second-order valence-corrected chi connectivity index (χ2v) is 5.01. The van der Waals surface area contributed by atoms with E-state index in [9.17, 15) is 0 Å². The van der Waals surface area contributed by atoms with Gasteiger partial charge in [-0.2, -0.15) is 5.10 Å². The Hall–Kier alpha value is -1.04. The van der Waals surface area contributed by atoms with Crippen LogP contribution >= 0.6 is 35.4 Å². The van der Waals surface area contributed by atoms with Crippen LogP contribution in [0.5, 0.6) is 5.75 Å². The van der Waals surface area contributed by atoms with E-state index < -0.39 is 0 Å². The van der Waals surface area contributed by atoms with Gasteiger partial charge in [-0.1, -0.05) is 23.2 Å². The topological polar surface area (TPSA) is 42.8 Å². The van der Waals surface area contributed by atoms with Crippen molar-refractivity contribution in [1.82, 2.24) is 14.8 Å². The SMILES string of the molecule is CC(Oc1cc(Cl)ccc1Cl)c1n[nH]c(=S)n1C. The first-order chi connectivity index (χ1) is 8.49. The van der Waals surface area contributed by atoms with E-state index >= 15 is 0 Å².